The molecule has 3 heterocycles. The van der Waals surface area contributed by atoms with Crippen LogP contribution in [0.25, 0.3) is 0 Å². The van der Waals surface area contributed by atoms with Crippen molar-refractivity contribution < 1.29 is 14.3 Å². The molecular weight excluding hydrogens is 342 g/mol. The Balaban J connectivity index is 1.49. The maximum absolute atomic E-state index is 13.4. The fourth-order valence-corrected chi connectivity index (χ4v) is 4.77. The Morgan fingerprint density at radius 2 is 2.04 bits per heavy atom. The summed E-state index contributed by atoms with van der Waals surface area (Å²) in [7, 11) is 0. The van der Waals surface area contributed by atoms with Gasteiger partial charge in [-0.1, -0.05) is 6.07 Å². The SMILES string of the molecule is N#Cc1cccc(C(=O)N2CC[C@@]3(CCCN(C4CCOCC4)C3=O)C2)c1. The fourth-order valence-electron chi connectivity index (χ4n) is 4.77. The Hall–Kier alpha value is -2.39. The average molecular weight is 367 g/mol. The molecule has 3 aliphatic rings. The molecule has 0 aromatic heterocycles. The van der Waals surface area contributed by atoms with E-state index in [1.807, 2.05) is 0 Å². The second-order valence-electron chi connectivity index (χ2n) is 7.90. The second-order valence-corrected chi connectivity index (χ2v) is 7.90. The van der Waals surface area contributed by atoms with Crippen molar-refractivity contribution in [3.63, 3.8) is 0 Å². The van der Waals surface area contributed by atoms with Crippen LogP contribution in [-0.2, 0) is 9.53 Å². The maximum Gasteiger partial charge on any atom is 0.253 e. The fraction of sp³-hybridized carbons (Fsp3) is 0.571. The Bertz CT molecular complexity index is 781. The lowest BCUT2D eigenvalue weighted by Gasteiger charge is -2.44. The van der Waals surface area contributed by atoms with Gasteiger partial charge in [0.25, 0.3) is 5.91 Å². The van der Waals surface area contributed by atoms with Crippen molar-refractivity contribution in [2.75, 3.05) is 32.8 Å². The molecule has 3 fully saturated rings. The zero-order valence-corrected chi connectivity index (χ0v) is 15.5. The molecule has 4 rings (SSSR count). The van der Waals surface area contributed by atoms with E-state index in [1.165, 1.54) is 0 Å². The van der Waals surface area contributed by atoms with Crippen LogP contribution in [0.1, 0.15) is 48.0 Å². The predicted molar refractivity (Wildman–Crippen MR) is 98.9 cm³/mol. The second kappa shape index (κ2) is 7.32. The summed E-state index contributed by atoms with van der Waals surface area (Å²) >= 11 is 0. The standard InChI is InChI=1S/C21H25N3O3/c22-14-16-3-1-4-17(13-16)19(25)23-10-8-21(15-23)7-2-9-24(20(21)26)18-5-11-27-12-6-18/h1,3-4,13,18H,2,5-12,15H2/t21-/m0/s1. The van der Waals surface area contributed by atoms with Crippen molar-refractivity contribution in [3.05, 3.63) is 35.4 Å². The van der Waals surface area contributed by atoms with Crippen molar-refractivity contribution in [2.24, 2.45) is 5.41 Å². The van der Waals surface area contributed by atoms with Gasteiger partial charge >= 0.3 is 0 Å². The number of likely N-dealkylation sites (tertiary alicyclic amines) is 2. The first kappa shape index (κ1) is 18.0. The quantitative estimate of drug-likeness (QED) is 0.803. The molecule has 2 amide bonds. The van der Waals surface area contributed by atoms with Crippen molar-refractivity contribution in [1.29, 1.82) is 5.26 Å². The molecule has 0 N–H and O–H groups in total. The highest BCUT2D eigenvalue weighted by molar-refractivity contribution is 5.96. The molecular formula is C21H25N3O3. The van der Waals surface area contributed by atoms with E-state index in [0.29, 0.717) is 24.2 Å². The minimum absolute atomic E-state index is 0.0834. The van der Waals surface area contributed by atoms with E-state index >= 15 is 0 Å². The van der Waals surface area contributed by atoms with Crippen LogP contribution in [0.5, 0.6) is 0 Å². The molecule has 0 bridgehead atoms. The summed E-state index contributed by atoms with van der Waals surface area (Å²) in [6, 6.07) is 9.15. The van der Waals surface area contributed by atoms with Crippen LogP contribution in [0.15, 0.2) is 24.3 Å². The van der Waals surface area contributed by atoms with E-state index in [1.54, 1.807) is 29.2 Å². The van der Waals surface area contributed by atoms with Gasteiger partial charge in [-0.25, -0.2) is 0 Å². The number of benzene rings is 1. The highest BCUT2D eigenvalue weighted by Gasteiger charge is 2.50. The number of nitrogens with zero attached hydrogens (tertiary/aromatic N) is 3. The summed E-state index contributed by atoms with van der Waals surface area (Å²) in [5.74, 6) is 0.140. The Kier molecular flexibility index (Phi) is 4.88. The lowest BCUT2D eigenvalue weighted by atomic mass is 9.77. The first-order valence-corrected chi connectivity index (χ1v) is 9.81. The smallest absolute Gasteiger partial charge is 0.253 e. The van der Waals surface area contributed by atoms with Gasteiger partial charge in [0.15, 0.2) is 0 Å². The van der Waals surface area contributed by atoms with Gasteiger partial charge in [-0.3, -0.25) is 9.59 Å². The summed E-state index contributed by atoms with van der Waals surface area (Å²) in [5.41, 5.74) is 0.573. The summed E-state index contributed by atoms with van der Waals surface area (Å²) in [5, 5.41) is 9.06. The number of amides is 2. The monoisotopic (exact) mass is 367 g/mol. The van der Waals surface area contributed by atoms with E-state index in [4.69, 9.17) is 10.00 Å². The van der Waals surface area contributed by atoms with Crippen molar-refractivity contribution in [3.8, 4) is 6.07 Å². The van der Waals surface area contributed by atoms with Gasteiger partial charge in [-0.15, -0.1) is 0 Å². The predicted octanol–water partition coefficient (Wildman–Crippen LogP) is 2.19. The van der Waals surface area contributed by atoms with Crippen molar-refractivity contribution >= 4 is 11.8 Å². The van der Waals surface area contributed by atoms with Crippen LogP contribution in [0, 0.1) is 16.7 Å². The Labute approximate surface area is 159 Å². The van der Waals surface area contributed by atoms with Crippen LogP contribution in [0.4, 0.5) is 0 Å². The van der Waals surface area contributed by atoms with Crippen molar-refractivity contribution in [2.45, 2.75) is 38.1 Å². The number of carbonyl (C=O) groups excluding carboxylic acids is 2. The molecule has 6 nitrogen and oxygen atoms in total. The van der Waals surface area contributed by atoms with E-state index < -0.39 is 5.41 Å². The normalized spacial score (nSPS) is 26.4. The molecule has 1 aromatic rings. The molecule has 0 radical (unpaired) electrons. The van der Waals surface area contributed by atoms with Crippen LogP contribution >= 0.6 is 0 Å². The van der Waals surface area contributed by atoms with Gasteiger partial charge in [0.05, 0.1) is 17.0 Å². The summed E-state index contributed by atoms with van der Waals surface area (Å²) < 4.78 is 5.45. The number of hydrogen-bond donors (Lipinski definition) is 0. The van der Waals surface area contributed by atoms with Crippen molar-refractivity contribution in [1.82, 2.24) is 9.80 Å². The molecule has 0 unspecified atom stereocenters. The molecule has 1 spiro atoms. The lowest BCUT2D eigenvalue weighted by Crippen LogP contribution is -2.55. The topological polar surface area (TPSA) is 73.6 Å². The third-order valence-corrected chi connectivity index (χ3v) is 6.28. The lowest BCUT2D eigenvalue weighted by molar-refractivity contribution is -0.150. The minimum atomic E-state index is -0.431. The molecule has 0 saturated carbocycles. The zero-order valence-electron chi connectivity index (χ0n) is 15.5. The summed E-state index contributed by atoms with van der Waals surface area (Å²) in [4.78, 5) is 30.1. The minimum Gasteiger partial charge on any atom is -0.381 e. The number of ether oxygens (including phenoxy) is 1. The number of hydrogen-bond acceptors (Lipinski definition) is 4. The summed E-state index contributed by atoms with van der Waals surface area (Å²) in [6.07, 6.45) is 4.40. The molecule has 1 atom stereocenters. The van der Waals surface area contributed by atoms with Gasteiger partial charge < -0.3 is 14.5 Å². The largest absolute Gasteiger partial charge is 0.381 e. The molecule has 142 valence electrons. The highest BCUT2D eigenvalue weighted by Crippen LogP contribution is 2.41. The number of nitriles is 1. The molecule has 0 aliphatic carbocycles. The number of carbonyl (C=O) groups is 2. The first-order chi connectivity index (χ1) is 13.1. The van der Waals surface area contributed by atoms with Crippen LogP contribution in [0.3, 0.4) is 0 Å². The third-order valence-electron chi connectivity index (χ3n) is 6.28. The number of rotatable bonds is 2. The highest BCUT2D eigenvalue weighted by atomic mass is 16.5. The van der Waals surface area contributed by atoms with E-state index in [2.05, 4.69) is 11.0 Å². The Morgan fingerprint density at radius 3 is 2.81 bits per heavy atom. The molecule has 3 saturated heterocycles. The third kappa shape index (κ3) is 3.32. The molecule has 3 aliphatic heterocycles. The van der Waals surface area contributed by atoms with Crippen LogP contribution in [-0.4, -0.2) is 60.5 Å². The molecule has 6 heteroatoms. The van der Waals surface area contributed by atoms with Gasteiger partial charge in [0, 0.05) is 44.5 Å². The summed E-state index contributed by atoms with van der Waals surface area (Å²) in [6.45, 7) is 3.36. The Morgan fingerprint density at radius 1 is 1.22 bits per heavy atom. The van der Waals surface area contributed by atoms with Gasteiger partial charge in [0.2, 0.25) is 5.91 Å². The van der Waals surface area contributed by atoms with Gasteiger partial charge in [0.1, 0.15) is 0 Å². The van der Waals surface area contributed by atoms with E-state index in [-0.39, 0.29) is 17.9 Å². The van der Waals surface area contributed by atoms with Gasteiger partial charge in [-0.2, -0.15) is 5.26 Å². The first-order valence-electron chi connectivity index (χ1n) is 9.81. The molecule has 1 aromatic carbocycles. The van der Waals surface area contributed by atoms with Crippen LogP contribution in [0.2, 0.25) is 0 Å². The van der Waals surface area contributed by atoms with Gasteiger partial charge in [-0.05, 0) is 50.3 Å². The molecule has 27 heavy (non-hydrogen) atoms. The average Bonchev–Trinajstić information content (AvgIpc) is 3.15. The van der Waals surface area contributed by atoms with E-state index in [0.717, 1.165) is 51.9 Å². The van der Waals surface area contributed by atoms with E-state index in [9.17, 15) is 9.59 Å². The maximum atomic E-state index is 13.4. The van der Waals surface area contributed by atoms with Crippen LogP contribution < -0.4 is 0 Å². The zero-order chi connectivity index (χ0) is 18.9. The number of piperidine rings is 1.